The van der Waals surface area contributed by atoms with Gasteiger partial charge in [-0.15, -0.1) is 11.6 Å². The molecule has 0 heterocycles. The van der Waals surface area contributed by atoms with Crippen molar-refractivity contribution in [3.63, 3.8) is 0 Å². The van der Waals surface area contributed by atoms with Gasteiger partial charge in [-0.05, 0) is 11.8 Å². The van der Waals surface area contributed by atoms with E-state index in [1.165, 1.54) is 6.42 Å². The molecule has 0 rings (SSSR count). The summed E-state index contributed by atoms with van der Waals surface area (Å²) in [4.78, 5) is 0. The van der Waals surface area contributed by atoms with Crippen LogP contribution in [0.15, 0.2) is 0 Å². The third kappa shape index (κ3) is 3.31. The van der Waals surface area contributed by atoms with E-state index in [2.05, 4.69) is 20.8 Å². The van der Waals surface area contributed by atoms with E-state index >= 15 is 0 Å². The molecular weight excluding hydrogens is 120 g/mol. The maximum atomic E-state index is 5.56. The standard InChI is InChI=1S/C7H15Cl/c1-4-7(2,3)5-6-8/h4-6H2,1-3H3. The highest BCUT2D eigenvalue weighted by Crippen LogP contribution is 2.24. The van der Waals surface area contributed by atoms with Gasteiger partial charge in [-0.3, -0.25) is 0 Å². The minimum atomic E-state index is 0.460. The summed E-state index contributed by atoms with van der Waals surface area (Å²) in [6.45, 7) is 6.69. The predicted octanol–water partition coefficient (Wildman–Crippen LogP) is 3.05. The molecule has 0 N–H and O–H groups in total. The van der Waals surface area contributed by atoms with Crippen LogP contribution in [0.1, 0.15) is 33.6 Å². The highest BCUT2D eigenvalue weighted by Gasteiger charge is 2.12. The second-order valence-corrected chi connectivity index (χ2v) is 3.33. The minimum Gasteiger partial charge on any atom is -0.127 e. The van der Waals surface area contributed by atoms with Crippen molar-refractivity contribution in [1.29, 1.82) is 0 Å². The van der Waals surface area contributed by atoms with Gasteiger partial charge >= 0.3 is 0 Å². The van der Waals surface area contributed by atoms with Crippen LogP contribution in [0.2, 0.25) is 0 Å². The van der Waals surface area contributed by atoms with Gasteiger partial charge in [-0.25, -0.2) is 0 Å². The molecule has 0 aromatic heterocycles. The summed E-state index contributed by atoms with van der Waals surface area (Å²) in [6.07, 6.45) is 2.35. The number of hydrogen-bond acceptors (Lipinski definition) is 0. The molecule has 0 aromatic carbocycles. The van der Waals surface area contributed by atoms with Crippen molar-refractivity contribution in [3.8, 4) is 0 Å². The smallest absolute Gasteiger partial charge is 0.0228 e. The largest absolute Gasteiger partial charge is 0.127 e. The molecule has 8 heavy (non-hydrogen) atoms. The molecule has 0 aliphatic carbocycles. The van der Waals surface area contributed by atoms with Gasteiger partial charge in [-0.1, -0.05) is 27.2 Å². The van der Waals surface area contributed by atoms with Gasteiger partial charge in [0.25, 0.3) is 0 Å². The topological polar surface area (TPSA) is 0 Å². The maximum Gasteiger partial charge on any atom is 0.0228 e. The van der Waals surface area contributed by atoms with Gasteiger partial charge in [0.1, 0.15) is 0 Å². The average Bonchev–Trinajstić information content (AvgIpc) is 1.67. The first-order valence-electron chi connectivity index (χ1n) is 3.18. The first kappa shape index (κ1) is 8.29. The molecule has 0 bridgehead atoms. The quantitative estimate of drug-likeness (QED) is 0.521. The Labute approximate surface area is 57.2 Å². The maximum absolute atomic E-state index is 5.56. The van der Waals surface area contributed by atoms with Crippen LogP contribution in [-0.2, 0) is 0 Å². The molecule has 50 valence electrons. The summed E-state index contributed by atoms with van der Waals surface area (Å²) in [5.74, 6) is 0.793. The lowest BCUT2D eigenvalue weighted by molar-refractivity contribution is 0.340. The van der Waals surface area contributed by atoms with Crippen LogP contribution in [0.5, 0.6) is 0 Å². The van der Waals surface area contributed by atoms with Crippen LogP contribution in [0.3, 0.4) is 0 Å². The zero-order valence-corrected chi connectivity index (χ0v) is 6.76. The van der Waals surface area contributed by atoms with Gasteiger partial charge in [0.2, 0.25) is 0 Å². The Kier molecular flexibility index (Phi) is 3.46. The zero-order valence-electron chi connectivity index (χ0n) is 6.00. The first-order valence-corrected chi connectivity index (χ1v) is 3.72. The average molecular weight is 135 g/mol. The van der Waals surface area contributed by atoms with Crippen molar-refractivity contribution in [3.05, 3.63) is 0 Å². The molecule has 0 spiro atoms. The zero-order chi connectivity index (χ0) is 6.62. The fraction of sp³-hybridized carbons (Fsp3) is 1.00. The van der Waals surface area contributed by atoms with Gasteiger partial charge in [0.05, 0.1) is 0 Å². The Bertz CT molecular complexity index is 57.4. The van der Waals surface area contributed by atoms with Crippen LogP contribution in [0, 0.1) is 5.41 Å². The van der Waals surface area contributed by atoms with E-state index in [0.717, 1.165) is 12.3 Å². The molecule has 0 saturated heterocycles. The van der Waals surface area contributed by atoms with E-state index in [-0.39, 0.29) is 0 Å². The number of hydrogen-bond donors (Lipinski definition) is 0. The SMILES string of the molecule is CCC(C)(C)CCCl. The third-order valence-electron chi connectivity index (χ3n) is 1.73. The highest BCUT2D eigenvalue weighted by molar-refractivity contribution is 6.17. The second kappa shape index (κ2) is 3.34. The van der Waals surface area contributed by atoms with E-state index in [9.17, 15) is 0 Å². The highest BCUT2D eigenvalue weighted by atomic mass is 35.5. The summed E-state index contributed by atoms with van der Waals surface area (Å²) in [5.41, 5.74) is 0.460. The fourth-order valence-corrected chi connectivity index (χ4v) is 0.944. The van der Waals surface area contributed by atoms with Gasteiger partial charge in [-0.2, -0.15) is 0 Å². The van der Waals surface area contributed by atoms with Crippen molar-refractivity contribution in [2.45, 2.75) is 33.6 Å². The third-order valence-corrected chi connectivity index (χ3v) is 1.92. The lowest BCUT2D eigenvalue weighted by Crippen LogP contribution is -2.09. The van der Waals surface area contributed by atoms with Crippen molar-refractivity contribution < 1.29 is 0 Å². The molecule has 0 atom stereocenters. The summed E-state index contributed by atoms with van der Waals surface area (Å²) >= 11 is 5.56. The van der Waals surface area contributed by atoms with Gasteiger partial charge < -0.3 is 0 Å². The number of rotatable bonds is 3. The molecule has 0 radical (unpaired) electrons. The number of alkyl halides is 1. The lowest BCUT2D eigenvalue weighted by Gasteiger charge is -2.20. The van der Waals surface area contributed by atoms with Crippen molar-refractivity contribution in [2.24, 2.45) is 5.41 Å². The Hall–Kier alpha value is 0.290. The van der Waals surface area contributed by atoms with E-state index in [1.807, 2.05) is 0 Å². The minimum absolute atomic E-state index is 0.460. The van der Waals surface area contributed by atoms with Crippen LogP contribution < -0.4 is 0 Å². The normalized spacial score (nSPS) is 12.0. The predicted molar refractivity (Wildman–Crippen MR) is 39.4 cm³/mol. The Morgan fingerprint density at radius 3 is 2.00 bits per heavy atom. The van der Waals surface area contributed by atoms with E-state index in [4.69, 9.17) is 11.6 Å². The molecule has 0 amide bonds. The fourth-order valence-electron chi connectivity index (χ4n) is 0.433. The molecule has 0 unspecified atom stereocenters. The molecule has 0 nitrogen and oxygen atoms in total. The Morgan fingerprint density at radius 2 is 1.88 bits per heavy atom. The Balaban J connectivity index is 3.37. The molecule has 0 fully saturated rings. The molecule has 0 aromatic rings. The Morgan fingerprint density at radius 1 is 1.38 bits per heavy atom. The summed E-state index contributed by atoms with van der Waals surface area (Å²) < 4.78 is 0. The van der Waals surface area contributed by atoms with E-state index in [0.29, 0.717) is 5.41 Å². The molecular formula is C7H15Cl. The summed E-state index contributed by atoms with van der Waals surface area (Å²) in [5, 5.41) is 0. The lowest BCUT2D eigenvalue weighted by atomic mass is 9.88. The van der Waals surface area contributed by atoms with Crippen LogP contribution >= 0.6 is 11.6 Å². The monoisotopic (exact) mass is 134 g/mol. The van der Waals surface area contributed by atoms with Crippen molar-refractivity contribution in [2.75, 3.05) is 5.88 Å². The number of halogens is 1. The molecule has 1 heteroatoms. The van der Waals surface area contributed by atoms with Crippen molar-refractivity contribution >= 4 is 11.6 Å². The van der Waals surface area contributed by atoms with E-state index < -0.39 is 0 Å². The second-order valence-electron chi connectivity index (χ2n) is 2.96. The molecule has 0 saturated carbocycles. The van der Waals surface area contributed by atoms with E-state index in [1.54, 1.807) is 0 Å². The van der Waals surface area contributed by atoms with Gasteiger partial charge in [0, 0.05) is 5.88 Å². The van der Waals surface area contributed by atoms with Crippen molar-refractivity contribution in [1.82, 2.24) is 0 Å². The molecule has 0 aliphatic rings. The van der Waals surface area contributed by atoms with Crippen LogP contribution in [0.4, 0.5) is 0 Å². The van der Waals surface area contributed by atoms with Gasteiger partial charge in [0.15, 0.2) is 0 Å². The van der Waals surface area contributed by atoms with Crippen LogP contribution in [-0.4, -0.2) is 5.88 Å². The van der Waals surface area contributed by atoms with Crippen LogP contribution in [0.25, 0.3) is 0 Å². The summed E-state index contributed by atoms with van der Waals surface area (Å²) in [6, 6.07) is 0. The first-order chi connectivity index (χ1) is 3.62. The molecule has 0 aliphatic heterocycles. The summed E-state index contributed by atoms with van der Waals surface area (Å²) in [7, 11) is 0.